The van der Waals surface area contributed by atoms with Gasteiger partial charge in [0.25, 0.3) is 0 Å². The molecule has 21 heavy (non-hydrogen) atoms. The lowest BCUT2D eigenvalue weighted by Crippen LogP contribution is -2.23. The van der Waals surface area contributed by atoms with Crippen LogP contribution in [0.4, 0.5) is 0 Å². The molecule has 0 radical (unpaired) electrons. The first-order valence-corrected chi connectivity index (χ1v) is 7.29. The minimum absolute atomic E-state index is 0.436. The van der Waals surface area contributed by atoms with E-state index in [1.54, 1.807) is 0 Å². The van der Waals surface area contributed by atoms with E-state index in [9.17, 15) is 0 Å². The Morgan fingerprint density at radius 3 is 2.62 bits per heavy atom. The first-order valence-electron chi connectivity index (χ1n) is 7.29. The van der Waals surface area contributed by atoms with E-state index in [1.807, 2.05) is 37.0 Å². The fourth-order valence-corrected chi connectivity index (χ4v) is 3.09. The van der Waals surface area contributed by atoms with Crippen molar-refractivity contribution < 1.29 is 0 Å². The standard InChI is InChI=1S/C15H18N6/c1-9-8-17-10(2)14-18-13(19-21(9)14)11-6-12(7-11)15-16-4-5-20(15)3/h4-5,8,11-12H,6-7H2,1-3H3. The van der Waals surface area contributed by atoms with Gasteiger partial charge in [-0.15, -0.1) is 0 Å². The Bertz CT molecular complexity index is 770. The van der Waals surface area contributed by atoms with Gasteiger partial charge in [0.15, 0.2) is 11.5 Å². The molecule has 6 nitrogen and oxygen atoms in total. The second kappa shape index (κ2) is 4.38. The molecular formula is C15H18N6. The first kappa shape index (κ1) is 12.5. The maximum Gasteiger partial charge on any atom is 0.177 e. The fourth-order valence-electron chi connectivity index (χ4n) is 3.09. The predicted molar refractivity (Wildman–Crippen MR) is 78.2 cm³/mol. The summed E-state index contributed by atoms with van der Waals surface area (Å²) >= 11 is 0. The highest BCUT2D eigenvalue weighted by atomic mass is 15.3. The topological polar surface area (TPSA) is 60.9 Å². The highest BCUT2D eigenvalue weighted by Gasteiger charge is 2.36. The Morgan fingerprint density at radius 1 is 1.14 bits per heavy atom. The Kier molecular flexibility index (Phi) is 2.60. The molecule has 0 bridgehead atoms. The lowest BCUT2D eigenvalue weighted by Gasteiger charge is -2.32. The summed E-state index contributed by atoms with van der Waals surface area (Å²) in [7, 11) is 2.05. The molecule has 3 aromatic heterocycles. The van der Waals surface area contributed by atoms with Gasteiger partial charge in [-0.05, 0) is 26.7 Å². The molecule has 1 aliphatic rings. The molecule has 1 aliphatic carbocycles. The van der Waals surface area contributed by atoms with Gasteiger partial charge in [-0.2, -0.15) is 5.10 Å². The van der Waals surface area contributed by atoms with Gasteiger partial charge in [-0.3, -0.25) is 4.98 Å². The van der Waals surface area contributed by atoms with Gasteiger partial charge in [0.05, 0.1) is 11.4 Å². The van der Waals surface area contributed by atoms with Crippen molar-refractivity contribution in [3.8, 4) is 0 Å². The van der Waals surface area contributed by atoms with Crippen molar-refractivity contribution >= 4 is 5.65 Å². The number of aromatic nitrogens is 6. The number of hydrogen-bond donors (Lipinski definition) is 0. The Hall–Kier alpha value is -2.24. The van der Waals surface area contributed by atoms with E-state index in [4.69, 9.17) is 4.98 Å². The van der Waals surface area contributed by atoms with Crippen LogP contribution in [-0.2, 0) is 7.05 Å². The highest BCUT2D eigenvalue weighted by Crippen LogP contribution is 2.45. The fraction of sp³-hybridized carbons (Fsp3) is 0.467. The van der Waals surface area contributed by atoms with Crippen LogP contribution in [0.3, 0.4) is 0 Å². The van der Waals surface area contributed by atoms with Gasteiger partial charge in [-0.1, -0.05) is 0 Å². The van der Waals surface area contributed by atoms with Crippen molar-refractivity contribution in [3.63, 3.8) is 0 Å². The molecule has 0 aliphatic heterocycles. The van der Waals surface area contributed by atoms with E-state index in [1.165, 1.54) is 5.82 Å². The van der Waals surface area contributed by atoms with Crippen molar-refractivity contribution in [2.75, 3.05) is 0 Å². The van der Waals surface area contributed by atoms with Gasteiger partial charge in [0, 0.05) is 37.5 Å². The van der Waals surface area contributed by atoms with Crippen LogP contribution in [0, 0.1) is 13.8 Å². The average molecular weight is 282 g/mol. The van der Waals surface area contributed by atoms with Crippen molar-refractivity contribution in [2.45, 2.75) is 38.5 Å². The smallest absolute Gasteiger partial charge is 0.177 e. The molecule has 0 unspecified atom stereocenters. The highest BCUT2D eigenvalue weighted by molar-refractivity contribution is 5.43. The third-order valence-electron chi connectivity index (χ3n) is 4.45. The van der Waals surface area contributed by atoms with Gasteiger partial charge in [-0.25, -0.2) is 14.5 Å². The van der Waals surface area contributed by atoms with Crippen molar-refractivity contribution in [2.24, 2.45) is 7.05 Å². The van der Waals surface area contributed by atoms with Gasteiger partial charge < -0.3 is 4.57 Å². The van der Waals surface area contributed by atoms with Crippen LogP contribution < -0.4 is 0 Å². The molecule has 0 spiro atoms. The number of nitrogens with zero attached hydrogens (tertiary/aromatic N) is 6. The van der Waals surface area contributed by atoms with E-state index in [2.05, 4.69) is 26.7 Å². The summed E-state index contributed by atoms with van der Waals surface area (Å²) in [5, 5.41) is 4.67. The van der Waals surface area contributed by atoms with Crippen LogP contribution in [0.2, 0.25) is 0 Å². The van der Waals surface area contributed by atoms with Crippen LogP contribution in [0.1, 0.15) is 47.7 Å². The lowest BCUT2D eigenvalue weighted by atomic mass is 9.74. The molecule has 4 rings (SSSR count). The summed E-state index contributed by atoms with van der Waals surface area (Å²) in [6, 6.07) is 0. The summed E-state index contributed by atoms with van der Waals surface area (Å²) in [5.74, 6) is 3.08. The van der Waals surface area contributed by atoms with E-state index >= 15 is 0 Å². The van der Waals surface area contributed by atoms with Gasteiger partial charge in [0.1, 0.15) is 5.82 Å². The molecule has 0 amide bonds. The number of rotatable bonds is 2. The normalized spacial score (nSPS) is 21.7. The zero-order chi connectivity index (χ0) is 14.6. The van der Waals surface area contributed by atoms with E-state index in [0.29, 0.717) is 11.8 Å². The van der Waals surface area contributed by atoms with Crippen LogP contribution in [0.15, 0.2) is 18.6 Å². The van der Waals surface area contributed by atoms with Gasteiger partial charge in [0.2, 0.25) is 0 Å². The molecule has 0 aromatic carbocycles. The summed E-state index contributed by atoms with van der Waals surface area (Å²) in [5.41, 5.74) is 2.83. The maximum absolute atomic E-state index is 4.70. The molecule has 1 saturated carbocycles. The Labute approximate surface area is 122 Å². The van der Waals surface area contributed by atoms with Crippen LogP contribution in [0.5, 0.6) is 0 Å². The molecule has 0 atom stereocenters. The quantitative estimate of drug-likeness (QED) is 0.722. The Morgan fingerprint density at radius 2 is 1.95 bits per heavy atom. The Balaban J connectivity index is 1.61. The van der Waals surface area contributed by atoms with Gasteiger partial charge >= 0.3 is 0 Å². The second-order valence-corrected chi connectivity index (χ2v) is 5.95. The number of imidazole rings is 1. The second-order valence-electron chi connectivity index (χ2n) is 5.95. The minimum atomic E-state index is 0.436. The molecule has 0 N–H and O–H groups in total. The number of aryl methyl sites for hydroxylation is 3. The SMILES string of the molecule is Cc1ncc(C)n2nc(C3CC(c4nccn4C)C3)nc12. The molecule has 3 aromatic rings. The van der Waals surface area contributed by atoms with Crippen molar-refractivity contribution in [3.05, 3.63) is 41.6 Å². The average Bonchev–Trinajstić information content (AvgIpc) is 3.01. The lowest BCUT2D eigenvalue weighted by molar-refractivity contribution is 0.320. The molecule has 6 heteroatoms. The maximum atomic E-state index is 4.70. The molecule has 3 heterocycles. The van der Waals surface area contributed by atoms with E-state index < -0.39 is 0 Å². The summed E-state index contributed by atoms with van der Waals surface area (Å²) < 4.78 is 4.02. The molecule has 108 valence electrons. The predicted octanol–water partition coefficient (Wildman–Crippen LogP) is 2.14. The molecule has 0 saturated heterocycles. The number of fused-ring (bicyclic) bond motifs is 1. The van der Waals surface area contributed by atoms with E-state index in [-0.39, 0.29) is 0 Å². The minimum Gasteiger partial charge on any atom is -0.338 e. The summed E-state index contributed by atoms with van der Waals surface area (Å²) in [6.07, 6.45) is 7.87. The van der Waals surface area contributed by atoms with Crippen LogP contribution in [-0.4, -0.2) is 29.1 Å². The summed E-state index contributed by atoms with van der Waals surface area (Å²) in [4.78, 5) is 13.5. The van der Waals surface area contributed by atoms with E-state index in [0.717, 1.165) is 35.7 Å². The van der Waals surface area contributed by atoms with Crippen molar-refractivity contribution in [1.29, 1.82) is 0 Å². The zero-order valence-electron chi connectivity index (χ0n) is 12.5. The number of hydrogen-bond acceptors (Lipinski definition) is 4. The molecule has 1 fully saturated rings. The largest absolute Gasteiger partial charge is 0.338 e. The first-order chi connectivity index (χ1) is 10.1. The van der Waals surface area contributed by atoms with Crippen molar-refractivity contribution in [1.82, 2.24) is 29.1 Å². The van der Waals surface area contributed by atoms with Crippen LogP contribution in [0.25, 0.3) is 5.65 Å². The summed E-state index contributed by atoms with van der Waals surface area (Å²) in [6.45, 7) is 3.99. The third kappa shape index (κ3) is 1.86. The molecular weight excluding hydrogens is 264 g/mol. The zero-order valence-corrected chi connectivity index (χ0v) is 12.5. The third-order valence-corrected chi connectivity index (χ3v) is 4.45. The monoisotopic (exact) mass is 282 g/mol. The van der Waals surface area contributed by atoms with Crippen LogP contribution >= 0.6 is 0 Å².